The van der Waals surface area contributed by atoms with Gasteiger partial charge in [-0.25, -0.2) is 4.79 Å². The first-order chi connectivity index (χ1) is 11.2. The molecular formula is C18H22N2O3. The lowest BCUT2D eigenvalue weighted by atomic mass is 10.0. The lowest BCUT2D eigenvalue weighted by molar-refractivity contribution is 0.232. The van der Waals surface area contributed by atoms with Gasteiger partial charge in [-0.3, -0.25) is 0 Å². The summed E-state index contributed by atoms with van der Waals surface area (Å²) in [5.41, 5.74) is 1.92. The molecule has 2 aromatic rings. The highest BCUT2D eigenvalue weighted by Crippen LogP contribution is 2.18. The number of amides is 2. The van der Waals surface area contributed by atoms with Gasteiger partial charge < -0.3 is 20.8 Å². The number of aliphatic hydroxyl groups excluding tert-OH is 1. The molecule has 2 amide bonds. The third-order valence-corrected chi connectivity index (χ3v) is 3.55. The van der Waals surface area contributed by atoms with Crippen molar-refractivity contribution in [1.82, 2.24) is 10.6 Å². The number of carbonyl (C=O) groups excluding carboxylic acids is 1. The maximum Gasteiger partial charge on any atom is 0.315 e. The highest BCUT2D eigenvalue weighted by molar-refractivity contribution is 5.74. The Labute approximate surface area is 136 Å². The summed E-state index contributed by atoms with van der Waals surface area (Å²) in [6.07, 6.45) is 1.30. The summed E-state index contributed by atoms with van der Waals surface area (Å²) in [5, 5.41) is 24.0. The van der Waals surface area contributed by atoms with Gasteiger partial charge in [-0.2, -0.15) is 0 Å². The van der Waals surface area contributed by atoms with E-state index in [0.717, 1.165) is 11.1 Å². The smallest absolute Gasteiger partial charge is 0.315 e. The van der Waals surface area contributed by atoms with Crippen molar-refractivity contribution in [2.75, 3.05) is 6.61 Å². The van der Waals surface area contributed by atoms with Crippen molar-refractivity contribution in [2.24, 2.45) is 0 Å². The van der Waals surface area contributed by atoms with Crippen LogP contribution in [0.15, 0.2) is 54.6 Å². The van der Waals surface area contributed by atoms with E-state index in [1.54, 1.807) is 24.3 Å². The quantitative estimate of drug-likeness (QED) is 0.634. The van der Waals surface area contributed by atoms with Crippen molar-refractivity contribution in [3.8, 4) is 5.75 Å². The Balaban J connectivity index is 1.90. The first kappa shape index (κ1) is 16.8. The zero-order valence-electron chi connectivity index (χ0n) is 12.9. The summed E-state index contributed by atoms with van der Waals surface area (Å²) in [5.74, 6) is 0.200. The molecule has 0 heterocycles. The molecule has 0 aliphatic carbocycles. The van der Waals surface area contributed by atoms with Gasteiger partial charge in [0.25, 0.3) is 0 Å². The van der Waals surface area contributed by atoms with E-state index in [2.05, 4.69) is 10.6 Å². The van der Waals surface area contributed by atoms with Crippen LogP contribution in [0.5, 0.6) is 5.75 Å². The number of phenols is 1. The summed E-state index contributed by atoms with van der Waals surface area (Å²) < 4.78 is 0. The Morgan fingerprint density at radius 3 is 2.39 bits per heavy atom. The zero-order chi connectivity index (χ0) is 16.5. The topological polar surface area (TPSA) is 81.6 Å². The molecule has 2 rings (SSSR count). The van der Waals surface area contributed by atoms with E-state index in [-0.39, 0.29) is 24.4 Å². The van der Waals surface area contributed by atoms with Crippen LogP contribution >= 0.6 is 0 Å². The van der Waals surface area contributed by atoms with Crippen LogP contribution in [0.1, 0.15) is 30.0 Å². The van der Waals surface area contributed by atoms with Crippen LogP contribution in [0.3, 0.4) is 0 Å². The fraction of sp³-hybridized carbons (Fsp3) is 0.278. The molecular weight excluding hydrogens is 292 g/mol. The molecule has 23 heavy (non-hydrogen) atoms. The van der Waals surface area contributed by atoms with Crippen LogP contribution in [-0.2, 0) is 6.54 Å². The second-order valence-electron chi connectivity index (χ2n) is 5.32. The van der Waals surface area contributed by atoms with Crippen molar-refractivity contribution in [1.29, 1.82) is 0 Å². The minimum absolute atomic E-state index is 0.0974. The second-order valence-corrected chi connectivity index (χ2v) is 5.32. The van der Waals surface area contributed by atoms with Gasteiger partial charge in [0.1, 0.15) is 5.75 Å². The van der Waals surface area contributed by atoms with Gasteiger partial charge in [0.15, 0.2) is 0 Å². The Morgan fingerprint density at radius 1 is 1.04 bits per heavy atom. The minimum atomic E-state index is -0.259. The fourth-order valence-corrected chi connectivity index (χ4v) is 2.31. The van der Waals surface area contributed by atoms with Crippen LogP contribution in [0, 0.1) is 0 Å². The fourth-order valence-electron chi connectivity index (χ4n) is 2.31. The number of phenolic OH excluding ortho intramolecular Hbond substituents is 1. The lowest BCUT2D eigenvalue weighted by Crippen LogP contribution is -2.37. The van der Waals surface area contributed by atoms with E-state index in [0.29, 0.717) is 19.4 Å². The van der Waals surface area contributed by atoms with Crippen LogP contribution in [0.4, 0.5) is 4.79 Å². The largest absolute Gasteiger partial charge is 0.508 e. The molecule has 122 valence electrons. The number of carbonyl (C=O) groups is 1. The van der Waals surface area contributed by atoms with Crippen molar-refractivity contribution >= 4 is 6.03 Å². The van der Waals surface area contributed by atoms with Gasteiger partial charge >= 0.3 is 6.03 Å². The number of aliphatic hydroxyl groups is 1. The molecule has 0 saturated heterocycles. The first-order valence-electron chi connectivity index (χ1n) is 7.67. The van der Waals surface area contributed by atoms with E-state index in [9.17, 15) is 9.90 Å². The number of hydrogen-bond donors (Lipinski definition) is 4. The van der Waals surface area contributed by atoms with E-state index in [1.165, 1.54) is 0 Å². The SMILES string of the molecule is O=C(NCc1ccc(O)cc1)NC(CCCO)c1ccccc1. The van der Waals surface area contributed by atoms with E-state index >= 15 is 0 Å². The van der Waals surface area contributed by atoms with Gasteiger partial charge in [0, 0.05) is 13.2 Å². The van der Waals surface area contributed by atoms with Crippen molar-refractivity contribution < 1.29 is 15.0 Å². The predicted molar refractivity (Wildman–Crippen MR) is 89.0 cm³/mol. The Morgan fingerprint density at radius 2 is 1.74 bits per heavy atom. The highest BCUT2D eigenvalue weighted by Gasteiger charge is 2.13. The third-order valence-electron chi connectivity index (χ3n) is 3.55. The zero-order valence-corrected chi connectivity index (χ0v) is 12.9. The molecule has 2 aromatic carbocycles. The monoisotopic (exact) mass is 314 g/mol. The standard InChI is InChI=1S/C18H22N2O3/c21-12-4-7-17(15-5-2-1-3-6-15)20-18(23)19-13-14-8-10-16(22)11-9-14/h1-3,5-6,8-11,17,21-22H,4,7,12-13H2,(H2,19,20,23). The van der Waals surface area contributed by atoms with Crippen molar-refractivity contribution in [3.63, 3.8) is 0 Å². The Hall–Kier alpha value is -2.53. The van der Waals surface area contributed by atoms with Gasteiger partial charge in [0.05, 0.1) is 6.04 Å². The summed E-state index contributed by atoms with van der Waals surface area (Å²) in [6.45, 7) is 0.480. The van der Waals surface area contributed by atoms with Gasteiger partial charge in [-0.05, 0) is 36.1 Å². The molecule has 0 saturated carbocycles. The molecule has 0 radical (unpaired) electrons. The van der Waals surface area contributed by atoms with Crippen LogP contribution in [0.25, 0.3) is 0 Å². The third kappa shape index (κ3) is 5.64. The molecule has 4 N–H and O–H groups in total. The first-order valence-corrected chi connectivity index (χ1v) is 7.67. The predicted octanol–water partition coefficient (Wildman–Crippen LogP) is 2.71. The van der Waals surface area contributed by atoms with Gasteiger partial charge in [-0.1, -0.05) is 42.5 Å². The molecule has 0 aliphatic heterocycles. The van der Waals surface area contributed by atoms with Gasteiger partial charge in [-0.15, -0.1) is 0 Å². The molecule has 0 aromatic heterocycles. The lowest BCUT2D eigenvalue weighted by Gasteiger charge is -2.19. The van der Waals surface area contributed by atoms with E-state index < -0.39 is 0 Å². The average Bonchev–Trinajstić information content (AvgIpc) is 2.59. The minimum Gasteiger partial charge on any atom is -0.508 e. The number of hydrogen-bond acceptors (Lipinski definition) is 3. The molecule has 5 heteroatoms. The molecule has 5 nitrogen and oxygen atoms in total. The second kappa shape index (κ2) is 8.80. The highest BCUT2D eigenvalue weighted by atomic mass is 16.3. The number of benzene rings is 2. The normalized spacial score (nSPS) is 11.7. The Bertz CT molecular complexity index is 599. The summed E-state index contributed by atoms with van der Waals surface area (Å²) in [6, 6.07) is 16.0. The van der Waals surface area contributed by atoms with Gasteiger partial charge in [0.2, 0.25) is 0 Å². The number of nitrogens with one attached hydrogen (secondary N) is 2. The average molecular weight is 314 g/mol. The number of urea groups is 1. The van der Waals surface area contributed by atoms with Crippen LogP contribution < -0.4 is 10.6 Å². The summed E-state index contributed by atoms with van der Waals surface area (Å²) in [7, 11) is 0. The van der Waals surface area contributed by atoms with E-state index in [1.807, 2.05) is 30.3 Å². The number of aromatic hydroxyl groups is 1. The number of rotatable bonds is 7. The molecule has 0 fully saturated rings. The Kier molecular flexibility index (Phi) is 6.44. The van der Waals surface area contributed by atoms with Crippen molar-refractivity contribution in [2.45, 2.75) is 25.4 Å². The van der Waals surface area contributed by atoms with Crippen molar-refractivity contribution in [3.05, 3.63) is 65.7 Å². The molecule has 0 spiro atoms. The van der Waals surface area contributed by atoms with Crippen LogP contribution in [-0.4, -0.2) is 22.9 Å². The van der Waals surface area contributed by atoms with Crippen LogP contribution in [0.2, 0.25) is 0 Å². The maximum absolute atomic E-state index is 12.1. The van der Waals surface area contributed by atoms with E-state index in [4.69, 9.17) is 5.11 Å². The maximum atomic E-state index is 12.1. The molecule has 0 aliphatic rings. The summed E-state index contributed by atoms with van der Waals surface area (Å²) >= 11 is 0. The summed E-state index contributed by atoms with van der Waals surface area (Å²) in [4.78, 5) is 12.1. The molecule has 1 unspecified atom stereocenters. The molecule has 1 atom stereocenters. The molecule has 0 bridgehead atoms.